The number of rotatable bonds is 1. The first-order chi connectivity index (χ1) is 15.2. The number of anilines is 1. The number of hydrogen-bond donors (Lipinski definition) is 0. The van der Waals surface area contributed by atoms with Crippen LogP contribution in [0.5, 0.6) is 0 Å². The van der Waals surface area contributed by atoms with Crippen molar-refractivity contribution in [3.05, 3.63) is 84.8 Å². The van der Waals surface area contributed by atoms with Gasteiger partial charge in [0.05, 0.1) is 24.8 Å². The minimum absolute atomic E-state index is 1.15. The molecule has 0 amide bonds. The first kappa shape index (κ1) is 17.9. The van der Waals surface area contributed by atoms with Gasteiger partial charge in [0.25, 0.3) is 0 Å². The highest BCUT2D eigenvalue weighted by molar-refractivity contribution is 6.17. The van der Waals surface area contributed by atoms with Gasteiger partial charge in [0.15, 0.2) is 5.52 Å². The Labute approximate surface area is 181 Å². The number of aromatic nitrogens is 2. The van der Waals surface area contributed by atoms with E-state index in [0.29, 0.717) is 0 Å². The van der Waals surface area contributed by atoms with E-state index in [2.05, 4.69) is 112 Å². The highest BCUT2D eigenvalue weighted by atomic mass is 15.2. The Balaban J connectivity index is 1.84. The van der Waals surface area contributed by atoms with Crippen LogP contribution in [0, 0.1) is 0 Å². The Bertz CT molecular complexity index is 1570. The van der Waals surface area contributed by atoms with Crippen molar-refractivity contribution < 1.29 is 4.57 Å². The molecule has 5 aromatic rings. The van der Waals surface area contributed by atoms with Crippen LogP contribution in [0.1, 0.15) is 12.5 Å². The van der Waals surface area contributed by atoms with Crippen LogP contribution in [0.4, 0.5) is 5.69 Å². The monoisotopic (exact) mass is 403 g/mol. The van der Waals surface area contributed by atoms with Gasteiger partial charge >= 0.3 is 0 Å². The average molecular weight is 404 g/mol. The topological polar surface area (TPSA) is 23.9 Å². The average Bonchev–Trinajstić information content (AvgIpc) is 3.20. The molecular weight excluding hydrogens is 380 g/mol. The summed E-state index contributed by atoms with van der Waals surface area (Å²) in [5.41, 5.74) is 8.43. The van der Waals surface area contributed by atoms with E-state index in [0.717, 1.165) is 11.4 Å². The van der Waals surface area contributed by atoms with E-state index in [1.807, 2.05) is 13.4 Å². The lowest BCUT2D eigenvalue weighted by Crippen LogP contribution is -2.24. The summed E-state index contributed by atoms with van der Waals surface area (Å²) in [5.74, 6) is 0. The molecule has 0 spiro atoms. The fraction of sp³-hybridized carbons (Fsp3) is 0.111. The smallest absolute Gasteiger partial charge is 0.249 e. The highest BCUT2D eigenvalue weighted by Gasteiger charge is 2.27. The molecule has 1 aliphatic heterocycles. The molecule has 3 aromatic carbocycles. The van der Waals surface area contributed by atoms with Crippen LogP contribution >= 0.6 is 0 Å². The Kier molecular flexibility index (Phi) is 3.78. The summed E-state index contributed by atoms with van der Waals surface area (Å²) in [6.45, 7) is 2.09. The van der Waals surface area contributed by atoms with Crippen LogP contribution in [-0.4, -0.2) is 17.8 Å². The minimum Gasteiger partial charge on any atom is -0.300 e. The number of benzene rings is 3. The molecule has 31 heavy (non-hydrogen) atoms. The third-order valence-corrected chi connectivity index (χ3v) is 6.27. The molecule has 0 atom stereocenters. The van der Waals surface area contributed by atoms with E-state index in [9.17, 15) is 0 Å². The normalized spacial score (nSPS) is 14.8. The number of imidazole rings is 1. The summed E-state index contributed by atoms with van der Waals surface area (Å²) >= 11 is 0. The van der Waals surface area contributed by atoms with Gasteiger partial charge in [0.2, 0.25) is 6.33 Å². The number of pyridine rings is 1. The minimum atomic E-state index is 1.15. The lowest BCUT2D eigenvalue weighted by molar-refractivity contribution is -0.669. The van der Waals surface area contributed by atoms with E-state index >= 15 is 0 Å². The zero-order valence-electron chi connectivity index (χ0n) is 17.9. The maximum atomic E-state index is 4.37. The number of nitrogens with zero attached hydrogens (tertiary/aromatic N) is 4. The van der Waals surface area contributed by atoms with Gasteiger partial charge in [-0.05, 0) is 30.0 Å². The molecule has 150 valence electrons. The summed E-state index contributed by atoms with van der Waals surface area (Å²) in [6.07, 6.45) is 8.43. The Morgan fingerprint density at radius 1 is 0.839 bits per heavy atom. The third kappa shape index (κ3) is 2.42. The molecule has 0 aliphatic carbocycles. The fourth-order valence-electron chi connectivity index (χ4n) is 5.01. The number of hydrogen-bond acceptors (Lipinski definition) is 1. The molecule has 4 heteroatoms. The molecule has 0 radical (unpaired) electrons. The molecule has 0 N–H and O–H groups in total. The Morgan fingerprint density at radius 3 is 2.35 bits per heavy atom. The molecule has 0 saturated carbocycles. The molecule has 4 nitrogen and oxygen atoms in total. The van der Waals surface area contributed by atoms with Gasteiger partial charge in [0.1, 0.15) is 11.7 Å². The van der Waals surface area contributed by atoms with Gasteiger partial charge in [-0.15, -0.1) is 0 Å². The standard InChI is InChI=1S/C27H23N4/c1-4-24-20-11-7-5-9-18(20)22-13-23-19-10-6-8-12-21(19)27-15-29(3)17-31(27)26(23)14-25(22)30(24)16-28-2/h4-17H,1-3H3/q+1/b24-4-,28-16+. The zero-order chi connectivity index (χ0) is 21.1. The van der Waals surface area contributed by atoms with E-state index in [-0.39, 0.29) is 0 Å². The Hall–Kier alpha value is -3.92. The zero-order valence-corrected chi connectivity index (χ0v) is 17.9. The lowest BCUT2D eigenvalue weighted by atomic mass is 9.89. The second-order valence-electron chi connectivity index (χ2n) is 8.06. The molecule has 1 aliphatic rings. The van der Waals surface area contributed by atoms with Crippen LogP contribution in [0.3, 0.4) is 0 Å². The second-order valence-corrected chi connectivity index (χ2v) is 8.06. The highest BCUT2D eigenvalue weighted by Crippen LogP contribution is 2.46. The van der Waals surface area contributed by atoms with Crippen LogP contribution in [0.15, 0.2) is 84.3 Å². The first-order valence-electron chi connectivity index (χ1n) is 10.5. The van der Waals surface area contributed by atoms with Crippen molar-refractivity contribution in [1.29, 1.82) is 0 Å². The quantitative estimate of drug-likeness (QED) is 0.155. The van der Waals surface area contributed by atoms with Crippen molar-refractivity contribution in [1.82, 2.24) is 4.40 Å². The number of allylic oxidation sites excluding steroid dienone is 1. The summed E-state index contributed by atoms with van der Waals surface area (Å²) in [5, 5.41) is 3.79. The maximum Gasteiger partial charge on any atom is 0.249 e. The predicted octanol–water partition coefficient (Wildman–Crippen LogP) is 5.58. The number of aryl methyl sites for hydroxylation is 1. The van der Waals surface area contributed by atoms with E-state index < -0.39 is 0 Å². The second kappa shape index (κ2) is 6.54. The van der Waals surface area contributed by atoms with Crippen molar-refractivity contribution in [2.75, 3.05) is 11.9 Å². The molecule has 6 rings (SSSR count). The van der Waals surface area contributed by atoms with Crippen LogP contribution in [0.25, 0.3) is 44.0 Å². The predicted molar refractivity (Wildman–Crippen MR) is 130 cm³/mol. The number of fused-ring (bicyclic) bond motifs is 9. The molecule has 3 heterocycles. The summed E-state index contributed by atoms with van der Waals surface area (Å²) in [4.78, 5) is 6.58. The third-order valence-electron chi connectivity index (χ3n) is 6.27. The molecule has 0 fully saturated rings. The molecule has 0 saturated heterocycles. The number of aliphatic imine (C=N–C) groups is 1. The van der Waals surface area contributed by atoms with Crippen molar-refractivity contribution in [3.8, 4) is 11.1 Å². The maximum absolute atomic E-state index is 4.37. The van der Waals surface area contributed by atoms with Crippen molar-refractivity contribution in [2.45, 2.75) is 6.92 Å². The van der Waals surface area contributed by atoms with E-state index in [4.69, 9.17) is 0 Å². The lowest BCUT2D eigenvalue weighted by Gasteiger charge is -2.32. The van der Waals surface area contributed by atoms with Gasteiger partial charge in [0, 0.05) is 35.0 Å². The van der Waals surface area contributed by atoms with Gasteiger partial charge < -0.3 is 4.90 Å². The Morgan fingerprint density at radius 2 is 1.58 bits per heavy atom. The largest absolute Gasteiger partial charge is 0.300 e. The van der Waals surface area contributed by atoms with Crippen LogP contribution in [0.2, 0.25) is 0 Å². The summed E-state index contributed by atoms with van der Waals surface area (Å²) in [6, 6.07) is 22.0. The SMILES string of the molecule is C/C=C1/c2ccccc2-c2cc3c4ccccc4c4c[n+](C)cn4c3cc2N1/C=N/C. The van der Waals surface area contributed by atoms with Gasteiger partial charge in [-0.25, -0.2) is 4.57 Å². The van der Waals surface area contributed by atoms with Crippen LogP contribution in [-0.2, 0) is 7.05 Å². The molecule has 0 unspecified atom stereocenters. The van der Waals surface area contributed by atoms with Gasteiger partial charge in [-0.3, -0.25) is 4.99 Å². The van der Waals surface area contributed by atoms with Gasteiger partial charge in [-0.2, -0.15) is 4.40 Å². The van der Waals surface area contributed by atoms with E-state index in [1.165, 1.54) is 43.9 Å². The summed E-state index contributed by atoms with van der Waals surface area (Å²) in [7, 11) is 3.91. The summed E-state index contributed by atoms with van der Waals surface area (Å²) < 4.78 is 4.42. The first-order valence-corrected chi connectivity index (χ1v) is 10.5. The van der Waals surface area contributed by atoms with Crippen molar-refractivity contribution in [2.24, 2.45) is 12.0 Å². The molecule has 0 bridgehead atoms. The van der Waals surface area contributed by atoms with Crippen LogP contribution < -0.4 is 9.47 Å². The van der Waals surface area contributed by atoms with Gasteiger partial charge in [-0.1, -0.05) is 48.5 Å². The van der Waals surface area contributed by atoms with Crippen molar-refractivity contribution in [3.63, 3.8) is 0 Å². The molecular formula is C27H23N4+. The van der Waals surface area contributed by atoms with Crippen molar-refractivity contribution >= 4 is 44.9 Å². The van der Waals surface area contributed by atoms with E-state index in [1.54, 1.807) is 0 Å². The fourth-order valence-corrected chi connectivity index (χ4v) is 5.01. The molecule has 2 aromatic heterocycles.